The summed E-state index contributed by atoms with van der Waals surface area (Å²) in [5, 5.41) is 3.08. The predicted molar refractivity (Wildman–Crippen MR) is 143 cm³/mol. The number of benzene rings is 4. The highest BCUT2D eigenvalue weighted by atomic mass is 19.4. The molecular formula is C31H25F3N2O3. The Morgan fingerprint density at radius 3 is 2.23 bits per heavy atom. The molecule has 2 aliphatic rings. The van der Waals surface area contributed by atoms with E-state index in [1.807, 2.05) is 30.3 Å². The summed E-state index contributed by atoms with van der Waals surface area (Å²) in [6, 6.07) is 23.4. The standard InChI is InChI=1S/C31H25F3N2O3/c1-3-36(4-2)22-13-15-28-26(18-22)30(24-11-6-5-10-23(24)29(37)39-30)25-17-21(12-14-27(25)38-28)35-20-9-7-8-19(16-20)31(32,33)34/h5-18,35H,3-4H2,1-2H3. The fourth-order valence-corrected chi connectivity index (χ4v) is 5.46. The van der Waals surface area contributed by atoms with Gasteiger partial charge in [-0.15, -0.1) is 0 Å². The Bertz CT molecular complexity index is 1600. The number of fused-ring (bicyclic) bond motifs is 6. The Morgan fingerprint density at radius 1 is 0.795 bits per heavy atom. The van der Waals surface area contributed by atoms with Crippen molar-refractivity contribution in [1.82, 2.24) is 0 Å². The lowest BCUT2D eigenvalue weighted by Crippen LogP contribution is -2.33. The summed E-state index contributed by atoms with van der Waals surface area (Å²) in [7, 11) is 0. The van der Waals surface area contributed by atoms with Crippen LogP contribution in [-0.2, 0) is 16.5 Å². The Balaban J connectivity index is 1.53. The lowest BCUT2D eigenvalue weighted by molar-refractivity contribution is -0.137. The van der Waals surface area contributed by atoms with Gasteiger partial charge in [0.25, 0.3) is 0 Å². The number of ether oxygens (including phenoxy) is 2. The highest BCUT2D eigenvalue weighted by molar-refractivity contribution is 5.97. The van der Waals surface area contributed by atoms with Gasteiger partial charge in [-0.2, -0.15) is 13.2 Å². The van der Waals surface area contributed by atoms with Crippen LogP contribution in [0.1, 0.15) is 46.5 Å². The summed E-state index contributed by atoms with van der Waals surface area (Å²) >= 11 is 0. The van der Waals surface area contributed by atoms with Crippen molar-refractivity contribution in [3.05, 3.63) is 113 Å². The number of nitrogens with zero attached hydrogens (tertiary/aromatic N) is 1. The lowest BCUT2D eigenvalue weighted by Gasteiger charge is -2.37. The molecule has 0 aromatic heterocycles. The largest absolute Gasteiger partial charge is 0.456 e. The zero-order valence-electron chi connectivity index (χ0n) is 21.3. The molecule has 4 aromatic carbocycles. The second kappa shape index (κ2) is 9.08. The van der Waals surface area contributed by atoms with Crippen molar-refractivity contribution in [1.29, 1.82) is 0 Å². The molecule has 1 spiro atoms. The molecule has 5 nitrogen and oxygen atoms in total. The summed E-state index contributed by atoms with van der Waals surface area (Å²) in [5.41, 5.74) is 2.16. The quantitative estimate of drug-likeness (QED) is 0.266. The van der Waals surface area contributed by atoms with E-state index in [-0.39, 0.29) is 5.69 Å². The van der Waals surface area contributed by atoms with Crippen molar-refractivity contribution in [3.8, 4) is 11.5 Å². The van der Waals surface area contributed by atoms with E-state index in [1.54, 1.807) is 36.4 Å². The molecule has 198 valence electrons. The van der Waals surface area contributed by atoms with Gasteiger partial charge in [-0.3, -0.25) is 0 Å². The number of nitrogens with one attached hydrogen (secondary N) is 1. The minimum atomic E-state index is -4.46. The molecule has 4 aromatic rings. The predicted octanol–water partition coefficient (Wildman–Crippen LogP) is 7.86. The number of carbonyl (C=O) groups is 1. The minimum Gasteiger partial charge on any atom is -0.456 e. The van der Waals surface area contributed by atoms with Gasteiger partial charge < -0.3 is 19.7 Å². The van der Waals surface area contributed by atoms with Crippen LogP contribution in [0.3, 0.4) is 0 Å². The van der Waals surface area contributed by atoms with Gasteiger partial charge in [0.1, 0.15) is 11.5 Å². The first kappa shape index (κ1) is 24.9. The monoisotopic (exact) mass is 530 g/mol. The SMILES string of the molecule is CCN(CC)c1ccc2c(c1)C1(OC(=O)c3ccccc31)c1cc(Nc3cccc(C(F)(F)F)c3)ccc1O2. The van der Waals surface area contributed by atoms with Gasteiger partial charge in [-0.1, -0.05) is 24.3 Å². The van der Waals surface area contributed by atoms with Crippen LogP contribution in [0.15, 0.2) is 84.9 Å². The van der Waals surface area contributed by atoms with E-state index in [2.05, 4.69) is 24.1 Å². The Labute approximate surface area is 223 Å². The summed E-state index contributed by atoms with van der Waals surface area (Å²) in [4.78, 5) is 15.4. The molecular weight excluding hydrogens is 505 g/mol. The average molecular weight is 531 g/mol. The zero-order valence-corrected chi connectivity index (χ0v) is 21.3. The molecule has 0 aliphatic carbocycles. The normalized spacial score (nSPS) is 17.1. The molecule has 2 aliphatic heterocycles. The maximum absolute atomic E-state index is 13.3. The number of hydrogen-bond acceptors (Lipinski definition) is 5. The van der Waals surface area contributed by atoms with Crippen LogP contribution in [0.25, 0.3) is 0 Å². The van der Waals surface area contributed by atoms with Gasteiger partial charge in [-0.05, 0) is 74.5 Å². The number of anilines is 3. The molecule has 0 fully saturated rings. The number of halogens is 3. The first-order valence-corrected chi connectivity index (χ1v) is 12.7. The lowest BCUT2D eigenvalue weighted by atomic mass is 9.77. The molecule has 1 unspecified atom stereocenters. The van der Waals surface area contributed by atoms with Gasteiger partial charge >= 0.3 is 12.1 Å². The van der Waals surface area contributed by atoms with Crippen LogP contribution >= 0.6 is 0 Å². The second-order valence-corrected chi connectivity index (χ2v) is 9.49. The van der Waals surface area contributed by atoms with E-state index in [0.717, 1.165) is 30.9 Å². The summed E-state index contributed by atoms with van der Waals surface area (Å²) in [6.07, 6.45) is -4.46. The van der Waals surface area contributed by atoms with Crippen LogP contribution < -0.4 is 15.0 Å². The third-order valence-electron chi connectivity index (χ3n) is 7.30. The molecule has 0 saturated carbocycles. The smallest absolute Gasteiger partial charge is 0.416 e. The molecule has 39 heavy (non-hydrogen) atoms. The summed E-state index contributed by atoms with van der Waals surface area (Å²) in [6.45, 7) is 5.73. The number of esters is 1. The first-order chi connectivity index (χ1) is 18.7. The van der Waals surface area contributed by atoms with Crippen LogP contribution in [0, 0.1) is 0 Å². The number of rotatable bonds is 5. The van der Waals surface area contributed by atoms with Gasteiger partial charge in [-0.25, -0.2) is 4.79 Å². The molecule has 6 rings (SSSR count). The maximum Gasteiger partial charge on any atom is 0.416 e. The van der Waals surface area contributed by atoms with E-state index in [0.29, 0.717) is 39.4 Å². The van der Waals surface area contributed by atoms with Crippen molar-refractivity contribution >= 4 is 23.0 Å². The average Bonchev–Trinajstić information content (AvgIpc) is 3.23. The van der Waals surface area contributed by atoms with Gasteiger partial charge in [0, 0.05) is 46.8 Å². The number of alkyl halides is 3. The number of carbonyl (C=O) groups excluding carboxylic acids is 1. The molecule has 0 amide bonds. The van der Waals surface area contributed by atoms with Crippen molar-refractivity contribution in [2.45, 2.75) is 25.6 Å². The second-order valence-electron chi connectivity index (χ2n) is 9.49. The third-order valence-corrected chi connectivity index (χ3v) is 7.30. The Morgan fingerprint density at radius 2 is 1.49 bits per heavy atom. The molecule has 8 heteroatoms. The minimum absolute atomic E-state index is 0.281. The van der Waals surface area contributed by atoms with Gasteiger partial charge in [0.05, 0.1) is 11.1 Å². The fraction of sp³-hybridized carbons (Fsp3) is 0.194. The van der Waals surface area contributed by atoms with Crippen molar-refractivity contribution < 1.29 is 27.4 Å². The summed E-state index contributed by atoms with van der Waals surface area (Å²) < 4.78 is 52.5. The Hall–Kier alpha value is -4.46. The van der Waals surface area contributed by atoms with Crippen LogP contribution in [0.2, 0.25) is 0 Å². The maximum atomic E-state index is 13.3. The van der Waals surface area contributed by atoms with Gasteiger partial charge in [0.2, 0.25) is 0 Å². The third kappa shape index (κ3) is 3.98. The van der Waals surface area contributed by atoms with E-state index in [9.17, 15) is 18.0 Å². The van der Waals surface area contributed by atoms with Crippen molar-refractivity contribution in [2.75, 3.05) is 23.3 Å². The fourth-order valence-electron chi connectivity index (χ4n) is 5.46. The van der Waals surface area contributed by atoms with Crippen molar-refractivity contribution in [2.24, 2.45) is 0 Å². The van der Waals surface area contributed by atoms with Crippen LogP contribution in [0.4, 0.5) is 30.2 Å². The number of hydrogen-bond donors (Lipinski definition) is 1. The van der Waals surface area contributed by atoms with Crippen LogP contribution in [0.5, 0.6) is 11.5 Å². The zero-order chi connectivity index (χ0) is 27.4. The first-order valence-electron chi connectivity index (χ1n) is 12.7. The van der Waals surface area contributed by atoms with E-state index >= 15 is 0 Å². The van der Waals surface area contributed by atoms with Gasteiger partial charge in [0.15, 0.2) is 5.60 Å². The molecule has 0 saturated heterocycles. The Kier molecular flexibility index (Phi) is 5.79. The topological polar surface area (TPSA) is 50.8 Å². The molecule has 2 heterocycles. The van der Waals surface area contributed by atoms with Crippen LogP contribution in [-0.4, -0.2) is 19.1 Å². The molecule has 0 bridgehead atoms. The highest BCUT2D eigenvalue weighted by Crippen LogP contribution is 2.57. The highest BCUT2D eigenvalue weighted by Gasteiger charge is 2.53. The molecule has 0 radical (unpaired) electrons. The van der Waals surface area contributed by atoms with E-state index in [1.165, 1.54) is 6.07 Å². The molecule has 1 N–H and O–H groups in total. The van der Waals surface area contributed by atoms with Crippen molar-refractivity contribution in [3.63, 3.8) is 0 Å². The molecule has 1 atom stereocenters. The van der Waals surface area contributed by atoms with E-state index < -0.39 is 23.3 Å². The van der Waals surface area contributed by atoms with E-state index in [4.69, 9.17) is 9.47 Å². The summed E-state index contributed by atoms with van der Waals surface area (Å²) in [5.74, 6) is 0.618.